The van der Waals surface area contributed by atoms with Crippen LogP contribution < -0.4 is 5.32 Å². The third-order valence-corrected chi connectivity index (χ3v) is 4.44. The van der Waals surface area contributed by atoms with E-state index >= 15 is 0 Å². The quantitative estimate of drug-likeness (QED) is 0.898. The summed E-state index contributed by atoms with van der Waals surface area (Å²) in [4.78, 5) is 11.0. The van der Waals surface area contributed by atoms with E-state index in [4.69, 9.17) is 5.11 Å². The zero-order valence-electron chi connectivity index (χ0n) is 11.5. The first-order chi connectivity index (χ1) is 10.1. The Hall–Kier alpha value is -2.20. The van der Waals surface area contributed by atoms with E-state index in [0.717, 1.165) is 16.8 Å². The van der Waals surface area contributed by atoms with Gasteiger partial charge < -0.3 is 10.4 Å². The number of aromatic carboxylic acids is 1. The second-order valence-electron chi connectivity index (χ2n) is 4.99. The molecule has 1 aliphatic heterocycles. The van der Waals surface area contributed by atoms with Crippen LogP contribution in [-0.2, 0) is 0 Å². The molecule has 2 aromatic rings. The number of benzene rings is 2. The minimum absolute atomic E-state index is 0.0561. The van der Waals surface area contributed by atoms with Gasteiger partial charge in [-0.15, -0.1) is 11.8 Å². The second kappa shape index (κ2) is 5.66. The monoisotopic (exact) mass is 297 g/mol. The smallest absolute Gasteiger partial charge is 0.335 e. The van der Waals surface area contributed by atoms with Gasteiger partial charge in [0.2, 0.25) is 0 Å². The van der Waals surface area contributed by atoms with Crippen molar-refractivity contribution in [2.45, 2.75) is 12.3 Å². The average molecular weight is 297 g/mol. The first-order valence-corrected chi connectivity index (χ1v) is 7.60. The lowest BCUT2D eigenvalue weighted by Gasteiger charge is -2.14. The van der Waals surface area contributed by atoms with Crippen LogP contribution in [0, 0.1) is 6.92 Å². The van der Waals surface area contributed by atoms with Gasteiger partial charge >= 0.3 is 5.97 Å². The molecule has 1 heterocycles. The normalized spacial score (nSPS) is 17.2. The lowest BCUT2D eigenvalue weighted by atomic mass is 10.1. The Bertz CT molecular complexity index is 707. The minimum Gasteiger partial charge on any atom is -0.478 e. The largest absolute Gasteiger partial charge is 0.478 e. The average Bonchev–Trinajstić information content (AvgIpc) is 2.98. The molecule has 3 nitrogen and oxygen atoms in total. The van der Waals surface area contributed by atoms with Gasteiger partial charge in [0, 0.05) is 5.70 Å². The Morgan fingerprint density at radius 1 is 1.19 bits per heavy atom. The molecule has 2 aromatic carbocycles. The van der Waals surface area contributed by atoms with Gasteiger partial charge in [0.05, 0.1) is 5.56 Å². The highest BCUT2D eigenvalue weighted by Crippen LogP contribution is 2.37. The fourth-order valence-electron chi connectivity index (χ4n) is 2.23. The van der Waals surface area contributed by atoms with Crippen LogP contribution in [0.3, 0.4) is 0 Å². The van der Waals surface area contributed by atoms with Crippen LogP contribution in [0.4, 0.5) is 0 Å². The maximum absolute atomic E-state index is 11.0. The van der Waals surface area contributed by atoms with E-state index in [1.54, 1.807) is 30.0 Å². The van der Waals surface area contributed by atoms with Gasteiger partial charge in [-0.2, -0.15) is 0 Å². The molecule has 1 unspecified atom stereocenters. The molecule has 4 heteroatoms. The minimum atomic E-state index is -0.897. The molecule has 0 aromatic heterocycles. The third-order valence-electron chi connectivity index (χ3n) is 3.41. The standard InChI is InChI=1S/C17H15NO2S/c1-11-5-7-12(8-6-11)15-10-21-16(18-15)13-3-2-4-14(9-13)17(19)20/h2-10,16,18H,1H3,(H,19,20). The number of hydrogen-bond acceptors (Lipinski definition) is 3. The molecule has 0 saturated heterocycles. The Morgan fingerprint density at radius 3 is 2.67 bits per heavy atom. The molecule has 0 bridgehead atoms. The number of thioether (sulfide) groups is 1. The Morgan fingerprint density at radius 2 is 1.95 bits per heavy atom. The lowest BCUT2D eigenvalue weighted by Crippen LogP contribution is -2.12. The molecule has 0 saturated carbocycles. The SMILES string of the molecule is Cc1ccc(C2=CSC(c3cccc(C(=O)O)c3)N2)cc1. The van der Waals surface area contributed by atoms with Crippen molar-refractivity contribution in [1.82, 2.24) is 5.32 Å². The van der Waals surface area contributed by atoms with Gasteiger partial charge in [0.25, 0.3) is 0 Å². The molecule has 2 N–H and O–H groups in total. The van der Waals surface area contributed by atoms with Gasteiger partial charge in [-0.3, -0.25) is 0 Å². The summed E-state index contributed by atoms with van der Waals surface area (Å²) in [7, 11) is 0. The van der Waals surface area contributed by atoms with E-state index in [2.05, 4.69) is 41.9 Å². The summed E-state index contributed by atoms with van der Waals surface area (Å²) >= 11 is 1.66. The summed E-state index contributed by atoms with van der Waals surface area (Å²) < 4.78 is 0. The van der Waals surface area contributed by atoms with Crippen molar-refractivity contribution in [1.29, 1.82) is 0 Å². The highest BCUT2D eigenvalue weighted by molar-refractivity contribution is 8.02. The Labute approximate surface area is 127 Å². The van der Waals surface area contributed by atoms with Crippen molar-refractivity contribution in [2.75, 3.05) is 0 Å². The first kappa shape index (κ1) is 13.8. The van der Waals surface area contributed by atoms with Crippen molar-refractivity contribution in [3.05, 3.63) is 76.2 Å². The summed E-state index contributed by atoms with van der Waals surface area (Å²) in [5.74, 6) is -0.897. The molecule has 106 valence electrons. The molecular formula is C17H15NO2S. The van der Waals surface area contributed by atoms with E-state index in [-0.39, 0.29) is 5.37 Å². The van der Waals surface area contributed by atoms with Gasteiger partial charge in [-0.25, -0.2) is 4.79 Å². The predicted octanol–water partition coefficient (Wildman–Crippen LogP) is 4.03. The van der Waals surface area contributed by atoms with Crippen LogP contribution in [0.1, 0.15) is 32.4 Å². The van der Waals surface area contributed by atoms with Gasteiger partial charge in [-0.05, 0) is 35.6 Å². The third kappa shape index (κ3) is 2.95. The van der Waals surface area contributed by atoms with E-state index < -0.39 is 5.97 Å². The molecule has 3 rings (SSSR count). The number of carboxylic acid groups (broad SMARTS) is 1. The maximum Gasteiger partial charge on any atom is 0.335 e. The van der Waals surface area contributed by atoms with Crippen molar-refractivity contribution >= 4 is 23.4 Å². The van der Waals surface area contributed by atoms with E-state index in [1.165, 1.54) is 5.56 Å². The van der Waals surface area contributed by atoms with Crippen LogP contribution in [0.2, 0.25) is 0 Å². The fraction of sp³-hybridized carbons (Fsp3) is 0.118. The summed E-state index contributed by atoms with van der Waals surface area (Å²) in [6.45, 7) is 2.06. The molecule has 0 amide bonds. The highest BCUT2D eigenvalue weighted by atomic mass is 32.2. The zero-order valence-corrected chi connectivity index (χ0v) is 12.4. The van der Waals surface area contributed by atoms with Crippen LogP contribution in [0.15, 0.2) is 53.9 Å². The van der Waals surface area contributed by atoms with Crippen LogP contribution in [0.25, 0.3) is 5.70 Å². The zero-order chi connectivity index (χ0) is 14.8. The summed E-state index contributed by atoms with van der Waals surface area (Å²) in [5, 5.41) is 14.7. The second-order valence-corrected chi connectivity index (χ2v) is 5.97. The van der Waals surface area contributed by atoms with Gasteiger partial charge in [0.1, 0.15) is 5.37 Å². The number of carboxylic acids is 1. The van der Waals surface area contributed by atoms with E-state index in [1.807, 2.05) is 6.07 Å². The van der Waals surface area contributed by atoms with Gasteiger partial charge in [-0.1, -0.05) is 42.0 Å². The van der Waals surface area contributed by atoms with Crippen LogP contribution in [0.5, 0.6) is 0 Å². The number of carbonyl (C=O) groups is 1. The predicted molar refractivity (Wildman–Crippen MR) is 86.0 cm³/mol. The molecule has 1 aliphatic rings. The molecule has 0 fully saturated rings. The maximum atomic E-state index is 11.0. The van der Waals surface area contributed by atoms with Crippen molar-refractivity contribution < 1.29 is 9.90 Å². The highest BCUT2D eigenvalue weighted by Gasteiger charge is 2.20. The van der Waals surface area contributed by atoms with Crippen molar-refractivity contribution in [3.63, 3.8) is 0 Å². The number of hydrogen-bond donors (Lipinski definition) is 2. The molecular weight excluding hydrogens is 282 g/mol. The topological polar surface area (TPSA) is 49.3 Å². The number of nitrogens with one attached hydrogen (secondary N) is 1. The number of aryl methyl sites for hydroxylation is 1. The van der Waals surface area contributed by atoms with Crippen LogP contribution in [-0.4, -0.2) is 11.1 Å². The molecule has 0 aliphatic carbocycles. The Balaban J connectivity index is 1.78. The van der Waals surface area contributed by atoms with Gasteiger partial charge in [0.15, 0.2) is 0 Å². The van der Waals surface area contributed by atoms with E-state index in [9.17, 15) is 4.79 Å². The lowest BCUT2D eigenvalue weighted by molar-refractivity contribution is 0.0697. The number of rotatable bonds is 3. The van der Waals surface area contributed by atoms with E-state index in [0.29, 0.717) is 5.56 Å². The summed E-state index contributed by atoms with van der Waals surface area (Å²) in [6.07, 6.45) is 0. The summed E-state index contributed by atoms with van der Waals surface area (Å²) in [5.41, 5.74) is 4.74. The first-order valence-electron chi connectivity index (χ1n) is 6.66. The summed E-state index contributed by atoms with van der Waals surface area (Å²) in [6, 6.07) is 15.4. The fourth-order valence-corrected chi connectivity index (χ4v) is 3.20. The van der Waals surface area contributed by atoms with Crippen molar-refractivity contribution in [2.24, 2.45) is 0 Å². The molecule has 21 heavy (non-hydrogen) atoms. The van der Waals surface area contributed by atoms with Crippen molar-refractivity contribution in [3.8, 4) is 0 Å². The van der Waals surface area contributed by atoms with Crippen LogP contribution >= 0.6 is 11.8 Å². The molecule has 1 atom stereocenters. The molecule has 0 radical (unpaired) electrons. The Kier molecular flexibility index (Phi) is 3.71. The molecule has 0 spiro atoms.